The zero-order valence-corrected chi connectivity index (χ0v) is 21.0. The van der Waals surface area contributed by atoms with E-state index >= 15 is 0 Å². The smallest absolute Gasteiger partial charge is 0.275 e. The first-order chi connectivity index (χ1) is 16.5. The summed E-state index contributed by atoms with van der Waals surface area (Å²) in [5.41, 5.74) is -1.58. The molecule has 3 rings (SSSR count). The monoisotopic (exact) mass is 509 g/mol. The van der Waals surface area contributed by atoms with Gasteiger partial charge in [0.2, 0.25) is 5.43 Å². The number of nitrogens with zero attached hydrogens (tertiary/aromatic N) is 2. The molecule has 0 aliphatic carbocycles. The Hall–Kier alpha value is -2.94. The molecule has 1 aromatic heterocycles. The number of hydrogen-bond acceptors (Lipinski definition) is 4. The maximum atomic E-state index is 14.2. The van der Waals surface area contributed by atoms with Crippen molar-refractivity contribution in [1.82, 2.24) is 14.8 Å². The highest BCUT2D eigenvalue weighted by molar-refractivity contribution is 6.30. The number of aromatic hydroxyl groups is 1. The van der Waals surface area contributed by atoms with E-state index in [4.69, 9.17) is 11.6 Å². The van der Waals surface area contributed by atoms with Gasteiger partial charge in [0.1, 0.15) is 22.2 Å². The summed E-state index contributed by atoms with van der Waals surface area (Å²) in [5, 5.41) is 12.5. The number of hydrogen-bond donors (Lipinski definition) is 2. The van der Waals surface area contributed by atoms with Gasteiger partial charge >= 0.3 is 0 Å². The van der Waals surface area contributed by atoms with Crippen LogP contribution >= 0.6 is 11.6 Å². The van der Waals surface area contributed by atoms with Crippen molar-refractivity contribution >= 4 is 23.4 Å². The SMILES string of the molecule is CCC[C@@H]1C(C)N([C@@H](C)CCC)C(=O)c2c(O)c(=O)c(C(=O)NCc3ccc(F)c(Cl)c3F)cn21. The molecule has 0 saturated carbocycles. The predicted octanol–water partition coefficient (Wildman–Crippen LogP) is 4.79. The topological polar surface area (TPSA) is 91.6 Å². The Morgan fingerprint density at radius 3 is 2.54 bits per heavy atom. The van der Waals surface area contributed by atoms with E-state index in [-0.39, 0.29) is 41.5 Å². The van der Waals surface area contributed by atoms with Crippen molar-refractivity contribution in [3.63, 3.8) is 0 Å². The average Bonchev–Trinajstić information content (AvgIpc) is 2.81. The number of benzene rings is 1. The van der Waals surface area contributed by atoms with Gasteiger partial charge in [-0.15, -0.1) is 0 Å². The number of halogens is 3. The molecule has 2 aromatic rings. The Morgan fingerprint density at radius 2 is 1.91 bits per heavy atom. The van der Waals surface area contributed by atoms with Crippen LogP contribution in [0.2, 0.25) is 5.02 Å². The van der Waals surface area contributed by atoms with Crippen LogP contribution in [0.25, 0.3) is 0 Å². The molecule has 0 radical (unpaired) electrons. The number of carbonyl (C=O) groups excluding carboxylic acids is 2. The highest BCUT2D eigenvalue weighted by Gasteiger charge is 2.41. The first-order valence-electron chi connectivity index (χ1n) is 11.8. The summed E-state index contributed by atoms with van der Waals surface area (Å²) in [4.78, 5) is 40.9. The van der Waals surface area contributed by atoms with Gasteiger partial charge in [-0.2, -0.15) is 0 Å². The molecule has 1 aliphatic rings. The van der Waals surface area contributed by atoms with Crippen LogP contribution in [-0.4, -0.2) is 38.5 Å². The van der Waals surface area contributed by atoms with Gasteiger partial charge in [0.15, 0.2) is 11.4 Å². The molecule has 35 heavy (non-hydrogen) atoms. The van der Waals surface area contributed by atoms with E-state index in [9.17, 15) is 28.3 Å². The summed E-state index contributed by atoms with van der Waals surface area (Å²) in [6.45, 7) is 7.51. The summed E-state index contributed by atoms with van der Waals surface area (Å²) in [5.74, 6) is -4.06. The van der Waals surface area contributed by atoms with Crippen LogP contribution in [0.5, 0.6) is 5.75 Å². The van der Waals surface area contributed by atoms with Crippen LogP contribution in [0.3, 0.4) is 0 Å². The minimum absolute atomic E-state index is 0.0692. The molecular formula is C25H30ClF2N3O4. The highest BCUT2D eigenvalue weighted by atomic mass is 35.5. The normalized spacial score (nSPS) is 18.4. The lowest BCUT2D eigenvalue weighted by Crippen LogP contribution is -2.54. The second-order valence-electron chi connectivity index (χ2n) is 8.94. The lowest BCUT2D eigenvalue weighted by Gasteiger charge is -2.45. The molecule has 190 valence electrons. The van der Waals surface area contributed by atoms with E-state index < -0.39 is 39.6 Å². The minimum Gasteiger partial charge on any atom is -0.503 e. The largest absolute Gasteiger partial charge is 0.503 e. The number of nitrogens with one attached hydrogen (secondary N) is 1. The van der Waals surface area contributed by atoms with Gasteiger partial charge in [0, 0.05) is 24.3 Å². The Bertz CT molecular complexity index is 1200. The molecule has 0 saturated heterocycles. The fourth-order valence-electron chi connectivity index (χ4n) is 4.79. The fourth-order valence-corrected chi connectivity index (χ4v) is 4.97. The number of rotatable bonds is 8. The second kappa shape index (κ2) is 10.8. The molecule has 10 heteroatoms. The third kappa shape index (κ3) is 4.91. The fraction of sp³-hybridized carbons (Fsp3) is 0.480. The van der Waals surface area contributed by atoms with Gasteiger partial charge in [-0.25, -0.2) is 8.78 Å². The summed E-state index contributed by atoms with van der Waals surface area (Å²) >= 11 is 5.58. The molecule has 0 spiro atoms. The standard InChI is InChI=1S/C25H30ClF2N3O4/c1-5-7-13(3)31-14(4)18(8-6-2)30-12-16(22(32)23(33)21(30)25(31)35)24(34)29-11-15-9-10-17(27)19(26)20(15)28/h9-10,12-14,18,33H,5-8,11H2,1-4H3,(H,29,34)/t13-,14?,18+/m0/s1. The third-order valence-corrected chi connectivity index (χ3v) is 6.91. The third-order valence-electron chi connectivity index (χ3n) is 6.57. The van der Waals surface area contributed by atoms with Crippen LogP contribution in [0.4, 0.5) is 8.78 Å². The summed E-state index contributed by atoms with van der Waals surface area (Å²) < 4.78 is 29.1. The van der Waals surface area contributed by atoms with Gasteiger partial charge in [-0.05, 0) is 32.8 Å². The Balaban J connectivity index is 2.01. The highest BCUT2D eigenvalue weighted by Crippen LogP contribution is 2.35. The quantitative estimate of drug-likeness (QED) is 0.500. The number of fused-ring (bicyclic) bond motifs is 1. The van der Waals surface area contributed by atoms with Crippen LogP contribution in [-0.2, 0) is 6.54 Å². The average molecular weight is 510 g/mol. The zero-order chi connectivity index (χ0) is 26.0. The zero-order valence-electron chi connectivity index (χ0n) is 20.2. The lowest BCUT2D eigenvalue weighted by atomic mass is 9.94. The molecule has 2 N–H and O–H groups in total. The molecule has 1 aliphatic heterocycles. The van der Waals surface area contributed by atoms with Crippen LogP contribution in [0, 0.1) is 11.6 Å². The van der Waals surface area contributed by atoms with Gasteiger partial charge in [-0.3, -0.25) is 14.4 Å². The molecule has 1 aromatic carbocycles. The number of carbonyl (C=O) groups is 2. The van der Waals surface area contributed by atoms with Crippen molar-refractivity contribution in [3.05, 3.63) is 62.0 Å². The molecule has 2 amide bonds. The van der Waals surface area contributed by atoms with E-state index in [0.717, 1.165) is 31.4 Å². The van der Waals surface area contributed by atoms with Gasteiger partial charge in [0.05, 0.1) is 12.1 Å². The Labute approximate surface area is 207 Å². The summed E-state index contributed by atoms with van der Waals surface area (Å²) in [7, 11) is 0. The summed E-state index contributed by atoms with van der Waals surface area (Å²) in [6, 6.07) is 1.52. The van der Waals surface area contributed by atoms with Crippen LogP contribution in [0.1, 0.15) is 85.8 Å². The maximum Gasteiger partial charge on any atom is 0.275 e. The maximum absolute atomic E-state index is 14.2. The van der Waals surface area contributed by atoms with Crippen molar-refractivity contribution in [2.24, 2.45) is 0 Å². The molecule has 2 heterocycles. The number of pyridine rings is 1. The molecular weight excluding hydrogens is 480 g/mol. The summed E-state index contributed by atoms with van der Waals surface area (Å²) in [6.07, 6.45) is 4.35. The van der Waals surface area contributed by atoms with Crippen molar-refractivity contribution in [2.45, 2.75) is 78.0 Å². The van der Waals surface area contributed by atoms with Crippen LogP contribution in [0.15, 0.2) is 23.1 Å². The van der Waals surface area contributed by atoms with Crippen molar-refractivity contribution in [2.75, 3.05) is 0 Å². The van der Waals surface area contributed by atoms with Crippen molar-refractivity contribution in [3.8, 4) is 5.75 Å². The molecule has 1 unspecified atom stereocenters. The molecule has 7 nitrogen and oxygen atoms in total. The van der Waals surface area contributed by atoms with Crippen LogP contribution < -0.4 is 10.7 Å². The van der Waals surface area contributed by atoms with Gasteiger partial charge < -0.3 is 19.9 Å². The second-order valence-corrected chi connectivity index (χ2v) is 9.32. The minimum atomic E-state index is -1.01. The van der Waals surface area contributed by atoms with E-state index in [1.807, 2.05) is 27.7 Å². The van der Waals surface area contributed by atoms with E-state index in [1.54, 1.807) is 4.90 Å². The van der Waals surface area contributed by atoms with Gasteiger partial charge in [0.25, 0.3) is 11.8 Å². The number of amides is 2. The molecule has 0 fully saturated rings. The van der Waals surface area contributed by atoms with E-state index in [0.29, 0.717) is 6.42 Å². The Morgan fingerprint density at radius 1 is 1.23 bits per heavy atom. The Kier molecular flexibility index (Phi) is 8.20. The van der Waals surface area contributed by atoms with Crippen molar-refractivity contribution < 1.29 is 23.5 Å². The first-order valence-corrected chi connectivity index (χ1v) is 12.1. The predicted molar refractivity (Wildman–Crippen MR) is 129 cm³/mol. The van der Waals surface area contributed by atoms with Crippen molar-refractivity contribution in [1.29, 1.82) is 0 Å². The molecule has 3 atom stereocenters. The number of aromatic nitrogens is 1. The van der Waals surface area contributed by atoms with E-state index in [2.05, 4.69) is 5.32 Å². The first kappa shape index (κ1) is 26.7. The molecule has 0 bridgehead atoms. The lowest BCUT2D eigenvalue weighted by molar-refractivity contribution is 0.0403. The van der Waals surface area contributed by atoms with E-state index in [1.165, 1.54) is 10.8 Å². The van der Waals surface area contributed by atoms with Gasteiger partial charge in [-0.1, -0.05) is 44.4 Å².